The molecule has 128 valence electrons. The normalized spacial score (nSPS) is 11.8. The standard InChI is InChI=1S/C16H19N3O4S/c1-3-23-13-6-4-11(5-7-13)8-12(16(21)22)9-17-15(20)14-10(2)18-19-24-14/h4-7,12H,3,8-9H2,1-2H3,(H,17,20)(H,21,22). The number of aromatic nitrogens is 2. The van der Waals surface area contributed by atoms with Gasteiger partial charge in [0.15, 0.2) is 0 Å². The zero-order chi connectivity index (χ0) is 17.5. The van der Waals surface area contributed by atoms with Crippen LogP contribution < -0.4 is 10.1 Å². The van der Waals surface area contributed by atoms with Crippen LogP contribution in [0.2, 0.25) is 0 Å². The topological polar surface area (TPSA) is 101 Å². The van der Waals surface area contributed by atoms with Gasteiger partial charge < -0.3 is 15.2 Å². The zero-order valence-electron chi connectivity index (χ0n) is 13.5. The van der Waals surface area contributed by atoms with Crippen molar-refractivity contribution in [3.05, 3.63) is 40.4 Å². The quantitative estimate of drug-likeness (QED) is 0.755. The smallest absolute Gasteiger partial charge is 0.308 e. The van der Waals surface area contributed by atoms with Gasteiger partial charge in [0.05, 0.1) is 18.2 Å². The highest BCUT2D eigenvalue weighted by molar-refractivity contribution is 7.07. The van der Waals surface area contributed by atoms with E-state index in [1.807, 2.05) is 31.2 Å². The summed E-state index contributed by atoms with van der Waals surface area (Å²) in [5, 5.41) is 15.8. The van der Waals surface area contributed by atoms with E-state index in [0.717, 1.165) is 22.8 Å². The van der Waals surface area contributed by atoms with Crippen LogP contribution in [0.4, 0.5) is 0 Å². The molecule has 0 aliphatic rings. The van der Waals surface area contributed by atoms with Gasteiger partial charge >= 0.3 is 5.97 Å². The van der Waals surface area contributed by atoms with Crippen LogP contribution in [0, 0.1) is 12.8 Å². The number of carboxylic acids is 1. The van der Waals surface area contributed by atoms with E-state index in [4.69, 9.17) is 4.74 Å². The van der Waals surface area contributed by atoms with Crippen LogP contribution in [0.1, 0.15) is 27.9 Å². The van der Waals surface area contributed by atoms with Crippen molar-refractivity contribution in [2.75, 3.05) is 13.2 Å². The number of carbonyl (C=O) groups is 2. The summed E-state index contributed by atoms with van der Waals surface area (Å²) in [5.41, 5.74) is 1.41. The summed E-state index contributed by atoms with van der Waals surface area (Å²) >= 11 is 0.993. The Hall–Kier alpha value is -2.48. The number of hydrogen-bond donors (Lipinski definition) is 2. The van der Waals surface area contributed by atoms with Crippen molar-refractivity contribution in [3.8, 4) is 5.75 Å². The van der Waals surface area contributed by atoms with Gasteiger partial charge in [0.25, 0.3) is 5.91 Å². The Morgan fingerprint density at radius 1 is 1.33 bits per heavy atom. The largest absolute Gasteiger partial charge is 0.494 e. The van der Waals surface area contributed by atoms with Crippen LogP contribution in [0.5, 0.6) is 5.75 Å². The van der Waals surface area contributed by atoms with E-state index >= 15 is 0 Å². The van der Waals surface area contributed by atoms with E-state index in [-0.39, 0.29) is 12.5 Å². The molecule has 2 N–H and O–H groups in total. The maximum atomic E-state index is 12.0. The number of hydrogen-bond acceptors (Lipinski definition) is 6. The Kier molecular flexibility index (Phi) is 6.25. The SMILES string of the molecule is CCOc1ccc(CC(CNC(=O)c2snnc2C)C(=O)O)cc1. The lowest BCUT2D eigenvalue weighted by atomic mass is 9.99. The van der Waals surface area contributed by atoms with E-state index in [1.165, 1.54) is 0 Å². The molecule has 1 atom stereocenters. The molecular formula is C16H19N3O4S. The maximum absolute atomic E-state index is 12.0. The number of aliphatic carboxylic acids is 1. The second kappa shape index (κ2) is 8.39. The number of rotatable bonds is 8. The predicted octanol–water partition coefficient (Wildman–Crippen LogP) is 1.92. The summed E-state index contributed by atoms with van der Waals surface area (Å²) in [6, 6.07) is 7.28. The molecule has 0 fully saturated rings. The minimum absolute atomic E-state index is 0.0404. The summed E-state index contributed by atoms with van der Waals surface area (Å²) in [4.78, 5) is 23.9. The molecule has 8 heteroatoms. The number of amides is 1. The summed E-state index contributed by atoms with van der Waals surface area (Å²) in [5.74, 6) is -1.27. The molecule has 1 unspecified atom stereocenters. The van der Waals surface area contributed by atoms with Crippen molar-refractivity contribution in [3.63, 3.8) is 0 Å². The molecule has 1 aromatic heterocycles. The van der Waals surface area contributed by atoms with Crippen LogP contribution in [0.3, 0.4) is 0 Å². The Bertz CT molecular complexity index is 700. The Morgan fingerprint density at radius 3 is 2.58 bits per heavy atom. The summed E-state index contributed by atoms with van der Waals surface area (Å²) < 4.78 is 9.06. The second-order valence-corrected chi connectivity index (χ2v) is 5.97. The molecule has 1 heterocycles. The van der Waals surface area contributed by atoms with Crippen molar-refractivity contribution in [1.29, 1.82) is 0 Å². The van der Waals surface area contributed by atoms with Crippen molar-refractivity contribution in [2.24, 2.45) is 5.92 Å². The number of ether oxygens (including phenoxy) is 1. The zero-order valence-corrected chi connectivity index (χ0v) is 14.3. The first-order chi connectivity index (χ1) is 11.5. The van der Waals surface area contributed by atoms with Crippen LogP contribution in [-0.2, 0) is 11.2 Å². The number of carboxylic acid groups (broad SMARTS) is 1. The third-order valence-electron chi connectivity index (χ3n) is 3.43. The lowest BCUT2D eigenvalue weighted by molar-refractivity contribution is -0.141. The minimum Gasteiger partial charge on any atom is -0.494 e. The molecule has 2 aromatic rings. The summed E-state index contributed by atoms with van der Waals surface area (Å²) in [7, 11) is 0. The van der Waals surface area contributed by atoms with Crippen molar-refractivity contribution in [1.82, 2.24) is 14.9 Å². The third kappa shape index (κ3) is 4.76. The number of carbonyl (C=O) groups excluding carboxylic acids is 1. The molecule has 0 spiro atoms. The molecule has 0 radical (unpaired) electrons. The van der Waals surface area contributed by atoms with Crippen molar-refractivity contribution >= 4 is 23.4 Å². The second-order valence-electron chi connectivity index (χ2n) is 5.21. The average Bonchev–Trinajstić information content (AvgIpc) is 2.99. The van der Waals surface area contributed by atoms with Crippen LogP contribution >= 0.6 is 11.5 Å². The van der Waals surface area contributed by atoms with E-state index in [0.29, 0.717) is 23.6 Å². The average molecular weight is 349 g/mol. The van der Waals surface area contributed by atoms with Crippen LogP contribution in [0.15, 0.2) is 24.3 Å². The lowest BCUT2D eigenvalue weighted by Gasteiger charge is -2.13. The number of aryl methyl sites for hydroxylation is 1. The fourth-order valence-corrected chi connectivity index (χ4v) is 2.73. The summed E-state index contributed by atoms with van der Waals surface area (Å²) in [6.45, 7) is 4.21. The van der Waals surface area contributed by atoms with Gasteiger partial charge in [0.1, 0.15) is 10.6 Å². The molecule has 1 amide bonds. The molecule has 0 bridgehead atoms. The highest BCUT2D eigenvalue weighted by Crippen LogP contribution is 2.16. The third-order valence-corrected chi connectivity index (χ3v) is 4.26. The monoisotopic (exact) mass is 349 g/mol. The van der Waals surface area contributed by atoms with E-state index < -0.39 is 11.9 Å². The highest BCUT2D eigenvalue weighted by Gasteiger charge is 2.21. The first kappa shape index (κ1) is 17.9. The molecule has 1 aromatic carbocycles. The van der Waals surface area contributed by atoms with E-state index in [2.05, 4.69) is 14.9 Å². The van der Waals surface area contributed by atoms with Gasteiger partial charge in [-0.05, 0) is 49.5 Å². The highest BCUT2D eigenvalue weighted by atomic mass is 32.1. The first-order valence-electron chi connectivity index (χ1n) is 7.53. The number of benzene rings is 1. The molecule has 7 nitrogen and oxygen atoms in total. The molecular weight excluding hydrogens is 330 g/mol. The lowest BCUT2D eigenvalue weighted by Crippen LogP contribution is -2.34. The van der Waals surface area contributed by atoms with Gasteiger partial charge in [-0.25, -0.2) is 0 Å². The Morgan fingerprint density at radius 2 is 2.04 bits per heavy atom. The molecule has 0 aliphatic heterocycles. The molecule has 2 rings (SSSR count). The van der Waals surface area contributed by atoms with Crippen LogP contribution in [0.25, 0.3) is 0 Å². The fraction of sp³-hybridized carbons (Fsp3) is 0.375. The number of nitrogens with zero attached hydrogens (tertiary/aromatic N) is 2. The number of nitrogens with one attached hydrogen (secondary N) is 1. The van der Waals surface area contributed by atoms with Crippen LogP contribution in [-0.4, -0.2) is 39.7 Å². The predicted molar refractivity (Wildman–Crippen MR) is 89.4 cm³/mol. The maximum Gasteiger partial charge on any atom is 0.308 e. The van der Waals surface area contributed by atoms with Crippen molar-refractivity contribution < 1.29 is 19.4 Å². The molecule has 0 aliphatic carbocycles. The molecule has 0 saturated carbocycles. The van der Waals surface area contributed by atoms with Gasteiger partial charge in [-0.3, -0.25) is 9.59 Å². The van der Waals surface area contributed by atoms with E-state index in [1.54, 1.807) is 6.92 Å². The van der Waals surface area contributed by atoms with Gasteiger partial charge in [-0.1, -0.05) is 16.6 Å². The van der Waals surface area contributed by atoms with Gasteiger partial charge in [0, 0.05) is 6.54 Å². The Balaban J connectivity index is 1.95. The molecule has 0 saturated heterocycles. The minimum atomic E-state index is -0.955. The van der Waals surface area contributed by atoms with Gasteiger partial charge in [-0.15, -0.1) is 5.10 Å². The first-order valence-corrected chi connectivity index (χ1v) is 8.30. The molecule has 24 heavy (non-hydrogen) atoms. The van der Waals surface area contributed by atoms with Crippen molar-refractivity contribution in [2.45, 2.75) is 20.3 Å². The fourth-order valence-electron chi connectivity index (χ4n) is 2.16. The van der Waals surface area contributed by atoms with Gasteiger partial charge in [-0.2, -0.15) is 0 Å². The Labute approximate surface area is 143 Å². The summed E-state index contributed by atoms with van der Waals surface area (Å²) in [6.07, 6.45) is 0.321. The van der Waals surface area contributed by atoms with Gasteiger partial charge in [0.2, 0.25) is 0 Å². The van der Waals surface area contributed by atoms with E-state index in [9.17, 15) is 14.7 Å².